The molecule has 0 unspecified atom stereocenters. The standard InChI is InChI=1S/C19H31N3O/c1-5-10-22-11-8-16(9-12-22)21-17-6-7-18(15(4)13-17)19(23)20-14(2)3/h6-7,13-14,16,21H,5,8-12H2,1-4H3,(H,20,23). The molecule has 0 atom stereocenters. The van der Waals surface area contributed by atoms with Gasteiger partial charge < -0.3 is 15.5 Å². The number of benzene rings is 1. The van der Waals surface area contributed by atoms with E-state index in [2.05, 4.69) is 28.5 Å². The second-order valence-electron chi connectivity index (χ2n) is 6.92. The number of nitrogens with zero attached hydrogens (tertiary/aromatic N) is 1. The van der Waals surface area contributed by atoms with Gasteiger partial charge in [-0.3, -0.25) is 4.79 Å². The second kappa shape index (κ2) is 8.34. The Morgan fingerprint density at radius 1 is 1.30 bits per heavy atom. The van der Waals surface area contributed by atoms with Crippen LogP contribution in [0.4, 0.5) is 5.69 Å². The molecule has 1 heterocycles. The topological polar surface area (TPSA) is 44.4 Å². The van der Waals surface area contributed by atoms with E-state index in [0.717, 1.165) is 16.8 Å². The van der Waals surface area contributed by atoms with Gasteiger partial charge in [-0.25, -0.2) is 0 Å². The van der Waals surface area contributed by atoms with Crippen LogP contribution in [0.3, 0.4) is 0 Å². The summed E-state index contributed by atoms with van der Waals surface area (Å²) in [4.78, 5) is 14.7. The molecule has 1 aliphatic rings. The van der Waals surface area contributed by atoms with Crippen molar-refractivity contribution in [3.63, 3.8) is 0 Å². The van der Waals surface area contributed by atoms with Gasteiger partial charge in [0.2, 0.25) is 0 Å². The van der Waals surface area contributed by atoms with E-state index in [1.807, 2.05) is 32.9 Å². The quantitative estimate of drug-likeness (QED) is 0.845. The Morgan fingerprint density at radius 3 is 2.57 bits per heavy atom. The summed E-state index contributed by atoms with van der Waals surface area (Å²) in [6.45, 7) is 11.8. The molecule has 128 valence electrons. The summed E-state index contributed by atoms with van der Waals surface area (Å²) in [5.74, 6) is 0.0110. The lowest BCUT2D eigenvalue weighted by molar-refractivity contribution is 0.0942. The third-order valence-electron chi connectivity index (χ3n) is 4.39. The van der Waals surface area contributed by atoms with Crippen LogP contribution < -0.4 is 10.6 Å². The number of aryl methyl sites for hydroxylation is 1. The van der Waals surface area contributed by atoms with Crippen molar-refractivity contribution >= 4 is 11.6 Å². The first-order valence-electron chi connectivity index (χ1n) is 8.90. The van der Waals surface area contributed by atoms with E-state index >= 15 is 0 Å². The lowest BCUT2D eigenvalue weighted by Crippen LogP contribution is -2.39. The van der Waals surface area contributed by atoms with Crippen molar-refractivity contribution in [2.24, 2.45) is 0 Å². The first kappa shape index (κ1) is 17.8. The van der Waals surface area contributed by atoms with Crippen molar-refractivity contribution in [2.75, 3.05) is 25.0 Å². The molecule has 1 aliphatic heterocycles. The number of likely N-dealkylation sites (tertiary alicyclic amines) is 1. The van der Waals surface area contributed by atoms with Crippen molar-refractivity contribution in [1.82, 2.24) is 10.2 Å². The predicted octanol–water partition coefficient (Wildman–Crippen LogP) is 3.42. The van der Waals surface area contributed by atoms with Crippen LogP contribution >= 0.6 is 0 Å². The van der Waals surface area contributed by atoms with Gasteiger partial charge in [-0.15, -0.1) is 0 Å². The van der Waals surface area contributed by atoms with Crippen LogP contribution in [0, 0.1) is 6.92 Å². The van der Waals surface area contributed by atoms with Crippen LogP contribution in [-0.2, 0) is 0 Å². The third kappa shape index (κ3) is 5.24. The molecule has 0 aliphatic carbocycles. The summed E-state index contributed by atoms with van der Waals surface area (Å²) in [6, 6.07) is 6.75. The maximum Gasteiger partial charge on any atom is 0.251 e. The molecular formula is C19H31N3O. The summed E-state index contributed by atoms with van der Waals surface area (Å²) < 4.78 is 0. The average molecular weight is 317 g/mol. The average Bonchev–Trinajstić information content (AvgIpc) is 2.49. The van der Waals surface area contributed by atoms with Crippen molar-refractivity contribution in [3.8, 4) is 0 Å². The Bertz CT molecular complexity index is 519. The molecule has 1 amide bonds. The van der Waals surface area contributed by atoms with Crippen LogP contribution in [0.2, 0.25) is 0 Å². The molecule has 1 saturated heterocycles. The van der Waals surface area contributed by atoms with Gasteiger partial charge in [-0.2, -0.15) is 0 Å². The fraction of sp³-hybridized carbons (Fsp3) is 0.632. The van der Waals surface area contributed by atoms with Crippen LogP contribution in [0.15, 0.2) is 18.2 Å². The maximum atomic E-state index is 12.1. The predicted molar refractivity (Wildman–Crippen MR) is 97.2 cm³/mol. The second-order valence-corrected chi connectivity index (χ2v) is 6.92. The highest BCUT2D eigenvalue weighted by atomic mass is 16.1. The van der Waals surface area contributed by atoms with Gasteiger partial charge in [-0.05, 0) is 70.3 Å². The van der Waals surface area contributed by atoms with Crippen LogP contribution in [0.25, 0.3) is 0 Å². The minimum Gasteiger partial charge on any atom is -0.382 e. The van der Waals surface area contributed by atoms with Crippen LogP contribution in [0.1, 0.15) is 56.0 Å². The highest BCUT2D eigenvalue weighted by Crippen LogP contribution is 2.20. The number of amides is 1. The monoisotopic (exact) mass is 317 g/mol. The van der Waals surface area contributed by atoms with E-state index in [1.165, 1.54) is 38.9 Å². The first-order valence-corrected chi connectivity index (χ1v) is 8.90. The van der Waals surface area contributed by atoms with Gasteiger partial charge in [0.1, 0.15) is 0 Å². The largest absolute Gasteiger partial charge is 0.382 e. The number of anilines is 1. The Hall–Kier alpha value is -1.55. The highest BCUT2D eigenvalue weighted by molar-refractivity contribution is 5.96. The molecule has 1 fully saturated rings. The molecule has 0 radical (unpaired) electrons. The molecule has 2 N–H and O–H groups in total. The first-order chi connectivity index (χ1) is 11.0. The normalized spacial score (nSPS) is 16.6. The van der Waals surface area contributed by atoms with E-state index in [1.54, 1.807) is 0 Å². The van der Waals surface area contributed by atoms with Crippen molar-refractivity contribution < 1.29 is 4.79 Å². The van der Waals surface area contributed by atoms with Crippen molar-refractivity contribution in [3.05, 3.63) is 29.3 Å². The molecule has 4 nitrogen and oxygen atoms in total. The SMILES string of the molecule is CCCN1CCC(Nc2ccc(C(=O)NC(C)C)c(C)c2)CC1. The van der Waals surface area contributed by atoms with Gasteiger partial charge >= 0.3 is 0 Å². The number of hydrogen-bond donors (Lipinski definition) is 2. The van der Waals surface area contributed by atoms with Crippen LogP contribution in [-0.4, -0.2) is 42.5 Å². The fourth-order valence-corrected chi connectivity index (χ4v) is 3.20. The minimum atomic E-state index is 0.0110. The number of nitrogens with one attached hydrogen (secondary N) is 2. The summed E-state index contributed by atoms with van der Waals surface area (Å²) in [5, 5.41) is 6.59. The Kier molecular flexibility index (Phi) is 6.46. The molecule has 23 heavy (non-hydrogen) atoms. The molecule has 4 heteroatoms. The van der Waals surface area contributed by atoms with E-state index in [9.17, 15) is 4.79 Å². The van der Waals surface area contributed by atoms with Crippen molar-refractivity contribution in [2.45, 2.75) is 59.0 Å². The van der Waals surface area contributed by atoms with E-state index in [-0.39, 0.29) is 11.9 Å². The summed E-state index contributed by atoms with van der Waals surface area (Å²) in [6.07, 6.45) is 3.61. The number of carbonyl (C=O) groups excluding carboxylic acids is 1. The van der Waals surface area contributed by atoms with Gasteiger partial charge in [0.05, 0.1) is 0 Å². The lowest BCUT2D eigenvalue weighted by Gasteiger charge is -2.32. The molecule has 0 saturated carbocycles. The fourth-order valence-electron chi connectivity index (χ4n) is 3.20. The zero-order chi connectivity index (χ0) is 16.8. The summed E-state index contributed by atoms with van der Waals surface area (Å²) in [5.41, 5.74) is 2.91. The molecule has 1 aromatic carbocycles. The smallest absolute Gasteiger partial charge is 0.251 e. The molecule has 0 spiro atoms. The summed E-state index contributed by atoms with van der Waals surface area (Å²) >= 11 is 0. The molecule has 2 rings (SSSR count). The van der Waals surface area contributed by atoms with Gasteiger partial charge in [0.25, 0.3) is 5.91 Å². The minimum absolute atomic E-state index is 0.0110. The number of hydrogen-bond acceptors (Lipinski definition) is 3. The third-order valence-corrected chi connectivity index (χ3v) is 4.39. The zero-order valence-electron chi connectivity index (χ0n) is 15.0. The highest BCUT2D eigenvalue weighted by Gasteiger charge is 2.18. The Balaban J connectivity index is 1.92. The van der Waals surface area contributed by atoms with Crippen molar-refractivity contribution in [1.29, 1.82) is 0 Å². The number of carbonyl (C=O) groups is 1. The Labute approximate surface area is 140 Å². The maximum absolute atomic E-state index is 12.1. The number of piperidine rings is 1. The van der Waals surface area contributed by atoms with E-state index in [4.69, 9.17) is 0 Å². The zero-order valence-corrected chi connectivity index (χ0v) is 15.0. The van der Waals surface area contributed by atoms with E-state index < -0.39 is 0 Å². The van der Waals surface area contributed by atoms with Gasteiger partial charge in [0.15, 0.2) is 0 Å². The van der Waals surface area contributed by atoms with Gasteiger partial charge in [0, 0.05) is 36.4 Å². The molecular weight excluding hydrogens is 286 g/mol. The lowest BCUT2D eigenvalue weighted by atomic mass is 10.0. The van der Waals surface area contributed by atoms with Crippen LogP contribution in [0.5, 0.6) is 0 Å². The van der Waals surface area contributed by atoms with Gasteiger partial charge in [-0.1, -0.05) is 6.92 Å². The Morgan fingerprint density at radius 2 is 2.00 bits per heavy atom. The van der Waals surface area contributed by atoms with E-state index in [0.29, 0.717) is 6.04 Å². The summed E-state index contributed by atoms with van der Waals surface area (Å²) in [7, 11) is 0. The molecule has 1 aromatic rings. The number of rotatable bonds is 6. The molecule has 0 aromatic heterocycles. The molecule has 0 bridgehead atoms.